The van der Waals surface area contributed by atoms with Gasteiger partial charge >= 0.3 is 0 Å². The van der Waals surface area contributed by atoms with Gasteiger partial charge in [-0.3, -0.25) is 9.59 Å². The number of rotatable bonds is 5. The SMILES string of the molecule is Cn1ccnc1C(NC(=O)C1CC(=O)N(c2cc(F)cc(F)c2)C1)c1ccc(F)cc1. The maximum absolute atomic E-state index is 13.6. The van der Waals surface area contributed by atoms with Crippen molar-refractivity contribution in [2.75, 3.05) is 11.4 Å². The van der Waals surface area contributed by atoms with Gasteiger partial charge in [-0.05, 0) is 29.8 Å². The first kappa shape index (κ1) is 20.6. The molecule has 0 spiro atoms. The molecule has 2 aromatic carbocycles. The van der Waals surface area contributed by atoms with E-state index < -0.39 is 41.2 Å². The Hall–Kier alpha value is -3.62. The van der Waals surface area contributed by atoms with E-state index in [1.165, 1.54) is 17.0 Å². The monoisotopic (exact) mass is 428 g/mol. The van der Waals surface area contributed by atoms with Gasteiger partial charge in [-0.1, -0.05) is 12.1 Å². The van der Waals surface area contributed by atoms with E-state index in [0.717, 1.165) is 12.1 Å². The molecule has 2 heterocycles. The first-order valence-corrected chi connectivity index (χ1v) is 9.61. The first-order chi connectivity index (χ1) is 14.8. The quantitative estimate of drug-likeness (QED) is 0.679. The summed E-state index contributed by atoms with van der Waals surface area (Å²) < 4.78 is 42.2. The molecule has 1 fully saturated rings. The Kier molecular flexibility index (Phi) is 5.50. The van der Waals surface area contributed by atoms with Crippen LogP contribution in [0.25, 0.3) is 0 Å². The fraction of sp³-hybridized carbons (Fsp3) is 0.227. The van der Waals surface area contributed by atoms with E-state index in [0.29, 0.717) is 17.5 Å². The number of nitrogens with one attached hydrogen (secondary N) is 1. The molecule has 4 rings (SSSR count). The molecule has 0 bridgehead atoms. The summed E-state index contributed by atoms with van der Waals surface area (Å²) in [6.07, 6.45) is 3.20. The van der Waals surface area contributed by atoms with E-state index in [-0.39, 0.29) is 18.7 Å². The Morgan fingerprint density at radius 2 is 1.77 bits per heavy atom. The molecule has 0 radical (unpaired) electrons. The molecule has 2 amide bonds. The fourth-order valence-electron chi connectivity index (χ4n) is 3.70. The second-order valence-electron chi connectivity index (χ2n) is 7.42. The van der Waals surface area contributed by atoms with Crippen LogP contribution in [0.1, 0.15) is 23.9 Å². The van der Waals surface area contributed by atoms with E-state index in [1.807, 2.05) is 0 Å². The Morgan fingerprint density at radius 1 is 1.10 bits per heavy atom. The third-order valence-electron chi connectivity index (χ3n) is 5.26. The van der Waals surface area contributed by atoms with Gasteiger partial charge in [0.05, 0.1) is 5.92 Å². The van der Waals surface area contributed by atoms with Crippen LogP contribution in [0.15, 0.2) is 54.9 Å². The maximum atomic E-state index is 13.6. The zero-order valence-corrected chi connectivity index (χ0v) is 16.6. The largest absolute Gasteiger partial charge is 0.342 e. The predicted octanol–water partition coefficient (Wildman–Crippen LogP) is 3.10. The molecular formula is C22H19F3N4O2. The van der Waals surface area contributed by atoms with Crippen LogP contribution in [0.3, 0.4) is 0 Å². The molecule has 2 atom stereocenters. The van der Waals surface area contributed by atoms with Crippen LogP contribution in [0.2, 0.25) is 0 Å². The van der Waals surface area contributed by atoms with Crippen molar-refractivity contribution in [1.29, 1.82) is 0 Å². The van der Waals surface area contributed by atoms with E-state index in [4.69, 9.17) is 0 Å². The number of hydrogen-bond donors (Lipinski definition) is 1. The molecule has 3 aromatic rings. The van der Waals surface area contributed by atoms with E-state index in [1.54, 1.807) is 36.1 Å². The minimum atomic E-state index is -0.804. The Bertz CT molecular complexity index is 1110. The smallest absolute Gasteiger partial charge is 0.227 e. The van der Waals surface area contributed by atoms with Crippen LogP contribution in [0, 0.1) is 23.4 Å². The van der Waals surface area contributed by atoms with Crippen molar-refractivity contribution in [3.8, 4) is 0 Å². The lowest BCUT2D eigenvalue weighted by molar-refractivity contribution is -0.126. The molecule has 1 saturated heterocycles. The van der Waals surface area contributed by atoms with Gasteiger partial charge in [-0.2, -0.15) is 0 Å². The summed E-state index contributed by atoms with van der Waals surface area (Å²) in [6, 6.07) is 7.84. The molecule has 2 unspecified atom stereocenters. The summed E-state index contributed by atoms with van der Waals surface area (Å²) >= 11 is 0. The maximum Gasteiger partial charge on any atom is 0.227 e. The second kappa shape index (κ2) is 8.25. The fourth-order valence-corrected chi connectivity index (χ4v) is 3.70. The predicted molar refractivity (Wildman–Crippen MR) is 106 cm³/mol. The third kappa shape index (κ3) is 4.30. The van der Waals surface area contributed by atoms with Gasteiger partial charge < -0.3 is 14.8 Å². The van der Waals surface area contributed by atoms with Crippen LogP contribution < -0.4 is 10.2 Å². The standard InChI is InChI=1S/C22H19F3N4O2/c1-28-7-6-26-21(28)20(13-2-4-15(23)5-3-13)27-22(31)14-8-19(30)29(12-14)18-10-16(24)9-17(25)11-18/h2-7,9-11,14,20H,8,12H2,1H3,(H,27,31). The molecule has 1 N–H and O–H groups in total. The number of benzene rings is 2. The molecule has 1 aromatic heterocycles. The minimum Gasteiger partial charge on any atom is -0.342 e. The van der Waals surface area contributed by atoms with Crippen molar-refractivity contribution in [2.24, 2.45) is 13.0 Å². The van der Waals surface area contributed by atoms with Crippen LogP contribution >= 0.6 is 0 Å². The normalized spacial score (nSPS) is 17.1. The summed E-state index contributed by atoms with van der Waals surface area (Å²) in [7, 11) is 1.77. The van der Waals surface area contributed by atoms with Crippen LogP contribution in [-0.2, 0) is 16.6 Å². The summed E-state index contributed by atoms with van der Waals surface area (Å²) in [4.78, 5) is 30.9. The molecule has 9 heteroatoms. The highest BCUT2D eigenvalue weighted by Gasteiger charge is 2.37. The number of aromatic nitrogens is 2. The molecule has 0 saturated carbocycles. The summed E-state index contributed by atoms with van der Waals surface area (Å²) in [6.45, 7) is -0.00966. The van der Waals surface area contributed by atoms with E-state index in [9.17, 15) is 22.8 Å². The van der Waals surface area contributed by atoms with Crippen molar-refractivity contribution in [3.63, 3.8) is 0 Å². The number of halogens is 3. The van der Waals surface area contributed by atoms with E-state index >= 15 is 0 Å². The summed E-state index contributed by atoms with van der Waals surface area (Å²) in [5.41, 5.74) is 0.689. The number of hydrogen-bond acceptors (Lipinski definition) is 3. The van der Waals surface area contributed by atoms with Gasteiger partial charge in [-0.25, -0.2) is 18.2 Å². The number of carbonyl (C=O) groups excluding carboxylic acids is 2. The summed E-state index contributed by atoms with van der Waals surface area (Å²) in [5.74, 6) is -3.02. The highest BCUT2D eigenvalue weighted by molar-refractivity contribution is 6.00. The van der Waals surface area contributed by atoms with Gasteiger partial charge in [0, 0.05) is 44.2 Å². The molecule has 1 aliphatic rings. The lowest BCUT2D eigenvalue weighted by Crippen LogP contribution is -2.37. The van der Waals surface area contributed by atoms with Gasteiger partial charge in [0.25, 0.3) is 0 Å². The number of imidazole rings is 1. The van der Waals surface area contributed by atoms with Crippen molar-refractivity contribution in [1.82, 2.24) is 14.9 Å². The highest BCUT2D eigenvalue weighted by Crippen LogP contribution is 2.28. The molecular weight excluding hydrogens is 409 g/mol. The van der Waals surface area contributed by atoms with Crippen molar-refractivity contribution >= 4 is 17.5 Å². The lowest BCUT2D eigenvalue weighted by Gasteiger charge is -2.21. The van der Waals surface area contributed by atoms with Gasteiger partial charge in [0.15, 0.2) is 0 Å². The number of nitrogens with zero attached hydrogens (tertiary/aromatic N) is 3. The van der Waals surface area contributed by atoms with Crippen molar-refractivity contribution < 1.29 is 22.8 Å². The average Bonchev–Trinajstić information content (AvgIpc) is 3.31. The molecule has 1 aliphatic heterocycles. The Balaban J connectivity index is 1.56. The zero-order valence-electron chi connectivity index (χ0n) is 16.6. The average molecular weight is 428 g/mol. The highest BCUT2D eigenvalue weighted by atomic mass is 19.1. The first-order valence-electron chi connectivity index (χ1n) is 9.61. The molecule has 31 heavy (non-hydrogen) atoms. The lowest BCUT2D eigenvalue weighted by atomic mass is 10.0. The zero-order chi connectivity index (χ0) is 22.1. The number of anilines is 1. The minimum absolute atomic E-state index is 0.00966. The topological polar surface area (TPSA) is 67.2 Å². The Labute approximate surface area is 176 Å². The number of aryl methyl sites for hydroxylation is 1. The number of carbonyl (C=O) groups is 2. The van der Waals surface area contributed by atoms with Crippen molar-refractivity contribution in [3.05, 3.63) is 83.7 Å². The summed E-state index contributed by atoms with van der Waals surface area (Å²) in [5, 5.41) is 2.88. The number of amides is 2. The molecule has 0 aliphatic carbocycles. The van der Waals surface area contributed by atoms with Gasteiger partial charge in [-0.15, -0.1) is 0 Å². The van der Waals surface area contributed by atoms with Crippen LogP contribution in [0.4, 0.5) is 18.9 Å². The van der Waals surface area contributed by atoms with Crippen molar-refractivity contribution in [2.45, 2.75) is 12.5 Å². The van der Waals surface area contributed by atoms with Crippen LogP contribution in [-0.4, -0.2) is 27.9 Å². The second-order valence-corrected chi connectivity index (χ2v) is 7.42. The molecule has 6 nitrogen and oxygen atoms in total. The van der Waals surface area contributed by atoms with Gasteiger partial charge in [0.1, 0.15) is 29.3 Å². The van der Waals surface area contributed by atoms with Gasteiger partial charge in [0.2, 0.25) is 11.8 Å². The van der Waals surface area contributed by atoms with Crippen LogP contribution in [0.5, 0.6) is 0 Å². The Morgan fingerprint density at radius 3 is 2.39 bits per heavy atom. The molecule has 160 valence electrons. The van der Waals surface area contributed by atoms with E-state index in [2.05, 4.69) is 10.3 Å². The third-order valence-corrected chi connectivity index (χ3v) is 5.26.